The van der Waals surface area contributed by atoms with Gasteiger partial charge in [-0.15, -0.1) is 0 Å². The molecule has 1 aliphatic rings. The van der Waals surface area contributed by atoms with Gasteiger partial charge in [0, 0.05) is 18.2 Å². The quantitative estimate of drug-likeness (QED) is 0.855. The molecule has 7 heteroatoms. The fourth-order valence-corrected chi connectivity index (χ4v) is 2.57. The van der Waals surface area contributed by atoms with Gasteiger partial charge >= 0.3 is 0 Å². The number of hydrogen-bond acceptors (Lipinski definition) is 5. The van der Waals surface area contributed by atoms with Crippen LogP contribution in [0.15, 0.2) is 29.3 Å². The number of rotatable bonds is 5. The van der Waals surface area contributed by atoms with Gasteiger partial charge in [0.15, 0.2) is 5.17 Å². The number of nitrogens with one attached hydrogen (secondary N) is 1. The molecular weight excluding hydrogens is 278 g/mol. The minimum absolute atomic E-state index is 0.0482. The first-order chi connectivity index (χ1) is 9.58. The van der Waals surface area contributed by atoms with Crippen LogP contribution in [0.4, 0.5) is 5.69 Å². The Labute approximate surface area is 120 Å². The number of benzene rings is 1. The molecule has 0 bridgehead atoms. The molecule has 2 amide bonds. The minimum atomic E-state index is -0.523. The predicted octanol–water partition coefficient (Wildman–Crippen LogP) is 1.37. The number of amides is 2. The molecule has 1 aromatic carbocycles. The van der Waals surface area contributed by atoms with E-state index in [1.54, 1.807) is 18.2 Å². The first-order valence-corrected chi connectivity index (χ1v) is 7.04. The summed E-state index contributed by atoms with van der Waals surface area (Å²) in [6, 6.07) is 7.09. The maximum absolute atomic E-state index is 11.9. The van der Waals surface area contributed by atoms with E-state index in [1.165, 1.54) is 0 Å². The molecule has 1 aromatic rings. The maximum atomic E-state index is 11.9. The van der Waals surface area contributed by atoms with Crippen molar-refractivity contribution < 1.29 is 14.3 Å². The molecule has 20 heavy (non-hydrogen) atoms. The monoisotopic (exact) mass is 293 g/mol. The Kier molecular flexibility index (Phi) is 4.62. The predicted molar refractivity (Wildman–Crippen MR) is 78.9 cm³/mol. The van der Waals surface area contributed by atoms with E-state index in [1.807, 2.05) is 13.0 Å². The molecule has 3 N–H and O–H groups in total. The van der Waals surface area contributed by atoms with Crippen molar-refractivity contribution in [2.24, 2.45) is 10.7 Å². The fourth-order valence-electron chi connectivity index (χ4n) is 1.74. The topological polar surface area (TPSA) is 93.8 Å². The highest BCUT2D eigenvalue weighted by atomic mass is 32.2. The maximum Gasteiger partial charge on any atom is 0.262 e. The SMILES string of the molecule is CCOc1cccc(NC(=O)C[C@H]2SC(N)=NC2=O)c1. The molecule has 0 radical (unpaired) electrons. The van der Waals surface area contributed by atoms with Crippen LogP contribution in [0.1, 0.15) is 13.3 Å². The molecule has 0 saturated carbocycles. The van der Waals surface area contributed by atoms with Crippen LogP contribution in [0, 0.1) is 0 Å². The highest BCUT2D eigenvalue weighted by molar-refractivity contribution is 8.15. The van der Waals surface area contributed by atoms with Gasteiger partial charge in [-0.3, -0.25) is 9.59 Å². The third kappa shape index (κ3) is 3.74. The molecule has 0 spiro atoms. The number of nitrogens with zero attached hydrogens (tertiary/aromatic N) is 1. The van der Waals surface area contributed by atoms with Crippen molar-refractivity contribution in [1.29, 1.82) is 0 Å². The Morgan fingerprint density at radius 2 is 2.35 bits per heavy atom. The van der Waals surface area contributed by atoms with E-state index in [0.717, 1.165) is 11.8 Å². The zero-order valence-corrected chi connectivity index (χ0v) is 11.8. The Morgan fingerprint density at radius 3 is 3.00 bits per heavy atom. The second kappa shape index (κ2) is 6.42. The molecule has 106 valence electrons. The zero-order valence-electron chi connectivity index (χ0n) is 11.0. The van der Waals surface area contributed by atoms with Crippen molar-refractivity contribution in [2.75, 3.05) is 11.9 Å². The summed E-state index contributed by atoms with van der Waals surface area (Å²) in [6.45, 7) is 2.44. The number of amidine groups is 1. The van der Waals surface area contributed by atoms with Gasteiger partial charge in [-0.25, -0.2) is 0 Å². The van der Waals surface area contributed by atoms with Gasteiger partial charge in [0.1, 0.15) is 11.0 Å². The summed E-state index contributed by atoms with van der Waals surface area (Å²) >= 11 is 1.12. The summed E-state index contributed by atoms with van der Waals surface area (Å²) in [5, 5.41) is 2.42. The lowest BCUT2D eigenvalue weighted by molar-refractivity contribution is -0.121. The minimum Gasteiger partial charge on any atom is -0.494 e. The van der Waals surface area contributed by atoms with E-state index in [9.17, 15) is 9.59 Å². The second-order valence-corrected chi connectivity index (χ2v) is 5.33. The number of thioether (sulfide) groups is 1. The standard InChI is InChI=1S/C13H15N3O3S/c1-2-19-9-5-3-4-8(6-9)15-11(17)7-10-12(18)16-13(14)20-10/h3-6,10H,2,7H2,1H3,(H,15,17)(H2,14,16,18)/t10-/m1/s1. The van der Waals surface area contributed by atoms with Crippen molar-refractivity contribution in [3.63, 3.8) is 0 Å². The average Bonchev–Trinajstić information content (AvgIpc) is 2.68. The number of ether oxygens (including phenoxy) is 1. The van der Waals surface area contributed by atoms with E-state index in [4.69, 9.17) is 10.5 Å². The summed E-state index contributed by atoms with van der Waals surface area (Å²) in [6.07, 6.45) is 0.0482. The van der Waals surface area contributed by atoms with Crippen LogP contribution in [0.5, 0.6) is 5.75 Å². The first-order valence-electron chi connectivity index (χ1n) is 6.16. The van der Waals surface area contributed by atoms with Crippen molar-refractivity contribution in [3.8, 4) is 5.75 Å². The number of hydrogen-bond donors (Lipinski definition) is 2. The number of nitrogens with two attached hydrogens (primary N) is 1. The van der Waals surface area contributed by atoms with Crippen molar-refractivity contribution in [1.82, 2.24) is 0 Å². The van der Waals surface area contributed by atoms with Crippen LogP contribution >= 0.6 is 11.8 Å². The van der Waals surface area contributed by atoms with Crippen LogP contribution in [0.25, 0.3) is 0 Å². The second-order valence-electron chi connectivity index (χ2n) is 4.11. The van der Waals surface area contributed by atoms with Gasteiger partial charge in [0.25, 0.3) is 5.91 Å². The molecule has 1 aliphatic heterocycles. The number of carbonyl (C=O) groups excluding carboxylic acids is 2. The van der Waals surface area contributed by atoms with Crippen molar-refractivity contribution in [3.05, 3.63) is 24.3 Å². The summed E-state index contributed by atoms with van der Waals surface area (Å²) in [5.74, 6) is 0.0734. The van der Waals surface area contributed by atoms with Gasteiger partial charge in [-0.2, -0.15) is 4.99 Å². The summed E-state index contributed by atoms with van der Waals surface area (Å²) in [7, 11) is 0. The summed E-state index contributed by atoms with van der Waals surface area (Å²) in [4.78, 5) is 26.9. The summed E-state index contributed by atoms with van der Waals surface area (Å²) in [5.41, 5.74) is 6.07. The Bertz CT molecular complexity index is 560. The van der Waals surface area contributed by atoms with E-state index < -0.39 is 5.25 Å². The molecule has 0 unspecified atom stereocenters. The Hall–Kier alpha value is -2.02. The summed E-state index contributed by atoms with van der Waals surface area (Å²) < 4.78 is 5.35. The lowest BCUT2D eigenvalue weighted by Gasteiger charge is -2.09. The molecule has 0 fully saturated rings. The van der Waals surface area contributed by atoms with Gasteiger partial charge in [0.05, 0.1) is 6.61 Å². The first kappa shape index (κ1) is 14.4. The third-order valence-electron chi connectivity index (χ3n) is 2.56. The molecule has 1 heterocycles. The van der Waals surface area contributed by atoms with Crippen LogP contribution in [0.3, 0.4) is 0 Å². The Balaban J connectivity index is 1.91. The number of anilines is 1. The molecule has 0 aromatic heterocycles. The van der Waals surface area contributed by atoms with Crippen molar-refractivity contribution in [2.45, 2.75) is 18.6 Å². The highest BCUT2D eigenvalue weighted by Crippen LogP contribution is 2.24. The fraction of sp³-hybridized carbons (Fsp3) is 0.308. The Morgan fingerprint density at radius 1 is 1.55 bits per heavy atom. The smallest absolute Gasteiger partial charge is 0.262 e. The van der Waals surface area contributed by atoms with E-state index in [2.05, 4.69) is 10.3 Å². The largest absolute Gasteiger partial charge is 0.494 e. The van der Waals surface area contributed by atoms with Crippen LogP contribution in [-0.2, 0) is 9.59 Å². The van der Waals surface area contributed by atoms with E-state index in [0.29, 0.717) is 18.0 Å². The highest BCUT2D eigenvalue weighted by Gasteiger charge is 2.29. The van der Waals surface area contributed by atoms with Gasteiger partial charge in [-0.05, 0) is 19.1 Å². The lowest BCUT2D eigenvalue weighted by Crippen LogP contribution is -2.21. The third-order valence-corrected chi connectivity index (χ3v) is 3.54. The van der Waals surface area contributed by atoms with Gasteiger partial charge in [0.2, 0.25) is 5.91 Å². The van der Waals surface area contributed by atoms with E-state index in [-0.39, 0.29) is 23.4 Å². The van der Waals surface area contributed by atoms with Gasteiger partial charge < -0.3 is 15.8 Å². The molecule has 2 rings (SSSR count). The van der Waals surface area contributed by atoms with Crippen molar-refractivity contribution >= 4 is 34.4 Å². The van der Waals surface area contributed by atoms with Crippen LogP contribution in [0.2, 0.25) is 0 Å². The molecule has 0 saturated heterocycles. The van der Waals surface area contributed by atoms with Crippen LogP contribution in [-0.4, -0.2) is 28.8 Å². The average molecular weight is 293 g/mol. The molecule has 6 nitrogen and oxygen atoms in total. The van der Waals surface area contributed by atoms with Gasteiger partial charge in [-0.1, -0.05) is 17.8 Å². The van der Waals surface area contributed by atoms with Crippen LogP contribution < -0.4 is 15.8 Å². The normalized spacial score (nSPS) is 17.8. The molecule has 0 aliphatic carbocycles. The van der Waals surface area contributed by atoms with E-state index >= 15 is 0 Å². The molecule has 1 atom stereocenters. The number of carbonyl (C=O) groups is 2. The zero-order chi connectivity index (χ0) is 14.5. The number of aliphatic imine (C=N–C) groups is 1. The molecular formula is C13H15N3O3S. The lowest BCUT2D eigenvalue weighted by atomic mass is 10.2.